The Morgan fingerprint density at radius 2 is 1.75 bits per heavy atom. The molecule has 0 aromatic heterocycles. The Morgan fingerprint density at radius 3 is 2.67 bits per heavy atom. The fourth-order valence-electron chi connectivity index (χ4n) is 2.89. The average Bonchev–Trinajstić information content (AvgIpc) is 2.62. The fraction of sp³-hybridized carbons (Fsp3) is 0.278. The van der Waals surface area contributed by atoms with Crippen molar-refractivity contribution in [3.63, 3.8) is 0 Å². The average molecular weight is 326 g/mol. The smallest absolute Gasteiger partial charge is 0.243 e. The van der Waals surface area contributed by atoms with Crippen LogP contribution in [0.25, 0.3) is 0 Å². The molecule has 0 bridgehead atoms. The Kier molecular flexibility index (Phi) is 3.86. The van der Waals surface area contributed by atoms with Gasteiger partial charge in [-0.25, -0.2) is 0 Å². The lowest BCUT2D eigenvalue weighted by Gasteiger charge is -2.30. The molecule has 0 radical (unpaired) electrons. The molecule has 6 nitrogen and oxygen atoms in total. The Hall–Kier alpha value is -2.89. The van der Waals surface area contributed by atoms with Gasteiger partial charge in [-0.05, 0) is 24.3 Å². The molecule has 1 amide bonds. The van der Waals surface area contributed by atoms with Gasteiger partial charge in [-0.1, -0.05) is 12.1 Å². The van der Waals surface area contributed by atoms with Crippen LogP contribution in [-0.2, 0) is 4.79 Å². The minimum absolute atomic E-state index is 0.0802. The molecule has 0 saturated carbocycles. The van der Waals surface area contributed by atoms with Gasteiger partial charge in [0.2, 0.25) is 5.91 Å². The molecule has 124 valence electrons. The molecule has 2 aromatic rings. The van der Waals surface area contributed by atoms with Crippen LogP contribution in [-0.4, -0.2) is 38.8 Å². The van der Waals surface area contributed by atoms with Crippen molar-refractivity contribution in [2.24, 2.45) is 0 Å². The summed E-state index contributed by atoms with van der Waals surface area (Å²) in [5, 5.41) is 2.91. The zero-order valence-electron chi connectivity index (χ0n) is 13.2. The molecule has 0 spiro atoms. The molecule has 1 N–H and O–H groups in total. The summed E-state index contributed by atoms with van der Waals surface area (Å²) in [5.74, 6) is 2.11. The summed E-state index contributed by atoms with van der Waals surface area (Å²) < 4.78 is 16.6. The normalized spacial score (nSPS) is 15.2. The van der Waals surface area contributed by atoms with Gasteiger partial charge in [0, 0.05) is 11.8 Å². The maximum absolute atomic E-state index is 12.4. The van der Waals surface area contributed by atoms with Crippen LogP contribution < -0.4 is 24.4 Å². The van der Waals surface area contributed by atoms with Gasteiger partial charge in [0.25, 0.3) is 0 Å². The van der Waals surface area contributed by atoms with E-state index in [1.54, 1.807) is 6.07 Å². The third-order valence-corrected chi connectivity index (χ3v) is 3.99. The van der Waals surface area contributed by atoms with E-state index in [0.717, 1.165) is 11.4 Å². The highest BCUT2D eigenvalue weighted by molar-refractivity contribution is 5.94. The highest BCUT2D eigenvalue weighted by Crippen LogP contribution is 2.33. The monoisotopic (exact) mass is 326 g/mol. The number of carbonyl (C=O) groups is 1. The van der Waals surface area contributed by atoms with Crippen molar-refractivity contribution in [3.05, 3.63) is 42.5 Å². The third-order valence-electron chi connectivity index (χ3n) is 3.99. The minimum Gasteiger partial charge on any atom is -0.490 e. The first-order valence-corrected chi connectivity index (χ1v) is 7.96. The Bertz CT molecular complexity index is 762. The molecule has 2 heterocycles. The van der Waals surface area contributed by atoms with Crippen LogP contribution in [0.2, 0.25) is 0 Å². The summed E-state index contributed by atoms with van der Waals surface area (Å²) in [7, 11) is 0. The Labute approximate surface area is 139 Å². The summed E-state index contributed by atoms with van der Waals surface area (Å²) in [6.45, 7) is 2.61. The Morgan fingerprint density at radius 1 is 0.958 bits per heavy atom. The highest BCUT2D eigenvalue weighted by atomic mass is 16.6. The number of ether oxygens (including phenoxy) is 3. The second-order valence-electron chi connectivity index (χ2n) is 5.64. The van der Waals surface area contributed by atoms with Crippen molar-refractivity contribution in [1.82, 2.24) is 0 Å². The number of anilines is 2. The largest absolute Gasteiger partial charge is 0.490 e. The number of carbonyl (C=O) groups excluding carboxylic acids is 1. The van der Waals surface area contributed by atoms with Gasteiger partial charge in [0.15, 0.2) is 11.5 Å². The van der Waals surface area contributed by atoms with E-state index in [9.17, 15) is 4.79 Å². The van der Waals surface area contributed by atoms with Crippen molar-refractivity contribution in [1.29, 1.82) is 0 Å². The van der Waals surface area contributed by atoms with Crippen molar-refractivity contribution in [2.45, 2.75) is 0 Å². The summed E-state index contributed by atoms with van der Waals surface area (Å²) in [6, 6.07) is 13.2. The van der Waals surface area contributed by atoms with Gasteiger partial charge in [0.1, 0.15) is 25.6 Å². The van der Waals surface area contributed by atoms with Crippen LogP contribution in [0, 0.1) is 0 Å². The first-order valence-electron chi connectivity index (χ1n) is 7.96. The number of amides is 1. The highest BCUT2D eigenvalue weighted by Gasteiger charge is 2.20. The quantitative estimate of drug-likeness (QED) is 0.938. The molecule has 0 fully saturated rings. The molecule has 0 atom stereocenters. The second kappa shape index (κ2) is 6.31. The molecule has 0 saturated heterocycles. The summed E-state index contributed by atoms with van der Waals surface area (Å²) in [5.41, 5.74) is 1.65. The number of nitrogens with zero attached hydrogens (tertiary/aromatic N) is 1. The molecule has 2 aromatic carbocycles. The standard InChI is InChI=1S/C18H18N2O4/c21-18(12-20-7-8-22-15-4-2-1-3-14(15)20)19-13-5-6-16-17(11-13)24-10-9-23-16/h1-6,11H,7-10,12H2,(H,19,21). The van der Waals surface area contributed by atoms with E-state index in [0.29, 0.717) is 43.6 Å². The van der Waals surface area contributed by atoms with E-state index < -0.39 is 0 Å². The molecule has 0 unspecified atom stereocenters. The van der Waals surface area contributed by atoms with E-state index in [1.807, 2.05) is 41.3 Å². The lowest BCUT2D eigenvalue weighted by Crippen LogP contribution is -2.38. The first-order chi connectivity index (χ1) is 11.8. The number of hydrogen-bond donors (Lipinski definition) is 1. The maximum atomic E-state index is 12.4. The van der Waals surface area contributed by atoms with Gasteiger partial charge in [-0.3, -0.25) is 4.79 Å². The van der Waals surface area contributed by atoms with Crippen molar-refractivity contribution >= 4 is 17.3 Å². The first kappa shape index (κ1) is 14.7. The van der Waals surface area contributed by atoms with Crippen LogP contribution >= 0.6 is 0 Å². The fourth-order valence-corrected chi connectivity index (χ4v) is 2.89. The minimum atomic E-state index is -0.0802. The summed E-state index contributed by atoms with van der Waals surface area (Å²) in [6.07, 6.45) is 0. The van der Waals surface area contributed by atoms with E-state index in [-0.39, 0.29) is 12.5 Å². The van der Waals surface area contributed by atoms with Gasteiger partial charge in [-0.15, -0.1) is 0 Å². The van der Waals surface area contributed by atoms with Crippen molar-refractivity contribution < 1.29 is 19.0 Å². The Balaban J connectivity index is 1.44. The van der Waals surface area contributed by atoms with Crippen molar-refractivity contribution in [2.75, 3.05) is 43.1 Å². The molecule has 4 rings (SSSR count). The maximum Gasteiger partial charge on any atom is 0.243 e. The summed E-state index contributed by atoms with van der Waals surface area (Å²) in [4.78, 5) is 14.4. The zero-order valence-corrected chi connectivity index (χ0v) is 13.2. The lowest BCUT2D eigenvalue weighted by molar-refractivity contribution is -0.115. The zero-order chi connectivity index (χ0) is 16.4. The third kappa shape index (κ3) is 2.95. The van der Waals surface area contributed by atoms with Gasteiger partial charge in [0.05, 0.1) is 18.8 Å². The van der Waals surface area contributed by atoms with E-state index >= 15 is 0 Å². The number of fused-ring (bicyclic) bond motifs is 2. The molecule has 6 heteroatoms. The second-order valence-corrected chi connectivity index (χ2v) is 5.64. The number of benzene rings is 2. The van der Waals surface area contributed by atoms with E-state index in [4.69, 9.17) is 14.2 Å². The van der Waals surface area contributed by atoms with Crippen molar-refractivity contribution in [3.8, 4) is 17.2 Å². The number of para-hydroxylation sites is 2. The van der Waals surface area contributed by atoms with Crippen LogP contribution in [0.3, 0.4) is 0 Å². The molecule has 2 aliphatic rings. The van der Waals surface area contributed by atoms with Gasteiger partial charge < -0.3 is 24.4 Å². The molecule has 24 heavy (non-hydrogen) atoms. The molecule has 0 aliphatic carbocycles. The molecular weight excluding hydrogens is 308 g/mol. The number of hydrogen-bond acceptors (Lipinski definition) is 5. The number of nitrogens with one attached hydrogen (secondary N) is 1. The summed E-state index contributed by atoms with van der Waals surface area (Å²) >= 11 is 0. The van der Waals surface area contributed by atoms with Crippen LogP contribution in [0.15, 0.2) is 42.5 Å². The van der Waals surface area contributed by atoms with Crippen LogP contribution in [0.5, 0.6) is 17.2 Å². The molecular formula is C18H18N2O4. The SMILES string of the molecule is O=C(CN1CCOc2ccccc21)Nc1ccc2c(c1)OCCO2. The van der Waals surface area contributed by atoms with E-state index in [2.05, 4.69) is 5.32 Å². The van der Waals surface area contributed by atoms with Gasteiger partial charge >= 0.3 is 0 Å². The predicted molar refractivity (Wildman–Crippen MR) is 90.2 cm³/mol. The molecule has 2 aliphatic heterocycles. The number of rotatable bonds is 3. The lowest BCUT2D eigenvalue weighted by atomic mass is 10.2. The van der Waals surface area contributed by atoms with Crippen LogP contribution in [0.1, 0.15) is 0 Å². The van der Waals surface area contributed by atoms with E-state index in [1.165, 1.54) is 0 Å². The topological polar surface area (TPSA) is 60.0 Å². The van der Waals surface area contributed by atoms with Crippen LogP contribution in [0.4, 0.5) is 11.4 Å². The van der Waals surface area contributed by atoms with Gasteiger partial charge in [-0.2, -0.15) is 0 Å². The predicted octanol–water partition coefficient (Wildman–Crippen LogP) is 2.30.